The summed E-state index contributed by atoms with van der Waals surface area (Å²) in [4.78, 5) is 13.6. The van der Waals surface area contributed by atoms with Gasteiger partial charge in [0.15, 0.2) is 0 Å². The summed E-state index contributed by atoms with van der Waals surface area (Å²) in [7, 11) is 1.36. The van der Waals surface area contributed by atoms with Crippen molar-refractivity contribution >= 4 is 5.97 Å². The van der Waals surface area contributed by atoms with Crippen LogP contribution in [0.4, 0.5) is 0 Å². The Morgan fingerprint density at radius 2 is 2.15 bits per heavy atom. The van der Waals surface area contributed by atoms with Crippen LogP contribution in [0.25, 0.3) is 0 Å². The summed E-state index contributed by atoms with van der Waals surface area (Å²) in [6.07, 6.45) is 1.74. The number of aliphatic hydroxyl groups excluding tert-OH is 2. The molecular weight excluding hydrogens is 258 g/mol. The van der Waals surface area contributed by atoms with Crippen LogP contribution in [0.5, 0.6) is 0 Å². The fraction of sp³-hybridized carbons (Fsp3) is 0.533. The van der Waals surface area contributed by atoms with E-state index in [1.807, 2.05) is 12.1 Å². The van der Waals surface area contributed by atoms with Crippen molar-refractivity contribution < 1.29 is 19.7 Å². The van der Waals surface area contributed by atoms with Crippen LogP contribution in [0.15, 0.2) is 24.3 Å². The molecule has 1 aromatic rings. The zero-order valence-corrected chi connectivity index (χ0v) is 11.7. The summed E-state index contributed by atoms with van der Waals surface area (Å²) in [6, 6.07) is 7.26. The quantitative estimate of drug-likeness (QED) is 0.780. The van der Waals surface area contributed by atoms with Gasteiger partial charge in [0.1, 0.15) is 0 Å². The van der Waals surface area contributed by atoms with Crippen LogP contribution in [0, 0.1) is 0 Å². The normalized spacial score (nSPS) is 18.1. The van der Waals surface area contributed by atoms with Crippen LogP contribution in [-0.4, -0.2) is 53.5 Å². The molecule has 1 fully saturated rings. The van der Waals surface area contributed by atoms with E-state index < -0.39 is 5.54 Å². The lowest BCUT2D eigenvalue weighted by molar-refractivity contribution is 0.0106. The van der Waals surface area contributed by atoms with E-state index in [9.17, 15) is 15.0 Å². The highest BCUT2D eigenvalue weighted by Gasteiger charge is 2.39. The summed E-state index contributed by atoms with van der Waals surface area (Å²) in [6.45, 7) is 1.33. The molecule has 0 aromatic heterocycles. The molecule has 110 valence electrons. The Balaban J connectivity index is 2.15. The highest BCUT2D eigenvalue weighted by Crippen LogP contribution is 2.30. The number of likely N-dealkylation sites (tertiary alicyclic amines) is 1. The predicted molar refractivity (Wildman–Crippen MR) is 74.3 cm³/mol. The largest absolute Gasteiger partial charge is 0.465 e. The Morgan fingerprint density at radius 3 is 2.80 bits per heavy atom. The molecule has 5 heteroatoms. The average molecular weight is 279 g/mol. The average Bonchev–Trinajstić information content (AvgIpc) is 2.90. The minimum atomic E-state index is -0.540. The lowest BCUT2D eigenvalue weighted by Crippen LogP contribution is -2.49. The van der Waals surface area contributed by atoms with E-state index in [4.69, 9.17) is 4.74 Å². The van der Waals surface area contributed by atoms with E-state index in [0.29, 0.717) is 12.1 Å². The Hall–Kier alpha value is -1.43. The van der Waals surface area contributed by atoms with Gasteiger partial charge < -0.3 is 14.9 Å². The third-order valence-electron chi connectivity index (χ3n) is 4.05. The number of benzene rings is 1. The van der Waals surface area contributed by atoms with Gasteiger partial charge in [0.05, 0.1) is 31.4 Å². The van der Waals surface area contributed by atoms with Crippen molar-refractivity contribution in [3.05, 3.63) is 35.4 Å². The molecule has 0 radical (unpaired) electrons. The molecular formula is C15H21NO4. The Bertz CT molecular complexity index is 471. The molecule has 2 N–H and O–H groups in total. The molecule has 2 rings (SSSR count). The summed E-state index contributed by atoms with van der Waals surface area (Å²) in [5, 5.41) is 19.1. The molecule has 0 atom stereocenters. The van der Waals surface area contributed by atoms with Crippen LogP contribution in [0.3, 0.4) is 0 Å². The van der Waals surface area contributed by atoms with Crippen molar-refractivity contribution in [1.82, 2.24) is 4.90 Å². The first-order valence-electron chi connectivity index (χ1n) is 6.79. The number of hydrogen-bond acceptors (Lipinski definition) is 5. The minimum Gasteiger partial charge on any atom is -0.465 e. The third kappa shape index (κ3) is 2.85. The molecule has 0 aliphatic carbocycles. The summed E-state index contributed by atoms with van der Waals surface area (Å²) in [5.74, 6) is -0.358. The Morgan fingerprint density at radius 1 is 1.40 bits per heavy atom. The van der Waals surface area contributed by atoms with Crippen molar-refractivity contribution in [3.8, 4) is 0 Å². The summed E-state index contributed by atoms with van der Waals surface area (Å²) < 4.78 is 4.71. The first-order chi connectivity index (χ1) is 9.65. The molecule has 1 aliphatic rings. The van der Waals surface area contributed by atoms with E-state index in [-0.39, 0.29) is 19.2 Å². The number of esters is 1. The van der Waals surface area contributed by atoms with Gasteiger partial charge in [-0.3, -0.25) is 4.90 Å². The van der Waals surface area contributed by atoms with Crippen molar-refractivity contribution in [2.75, 3.05) is 26.9 Å². The number of aliphatic hydroxyl groups is 2. The predicted octanol–water partition coefficient (Wildman–Crippen LogP) is 0.792. The molecule has 1 aromatic carbocycles. The van der Waals surface area contributed by atoms with Gasteiger partial charge in [0.2, 0.25) is 0 Å². The van der Waals surface area contributed by atoms with Crippen molar-refractivity contribution in [1.29, 1.82) is 0 Å². The summed E-state index contributed by atoms with van der Waals surface area (Å²) >= 11 is 0. The number of methoxy groups -OCH3 is 1. The van der Waals surface area contributed by atoms with Crippen LogP contribution in [0.2, 0.25) is 0 Å². The van der Waals surface area contributed by atoms with Crippen LogP contribution in [-0.2, 0) is 11.3 Å². The second kappa shape index (κ2) is 6.35. The second-order valence-electron chi connectivity index (χ2n) is 5.26. The standard InChI is InChI=1S/C15H21NO4/c1-20-14(19)13-5-2-4-12(8-13)9-16-7-3-6-15(16,10-17)11-18/h2,4-5,8,17-18H,3,6-7,9-11H2,1H3. The van der Waals surface area contributed by atoms with Gasteiger partial charge in [-0.15, -0.1) is 0 Å². The van der Waals surface area contributed by atoms with Gasteiger partial charge in [-0.25, -0.2) is 4.79 Å². The molecule has 0 spiro atoms. The Kier molecular flexibility index (Phi) is 4.75. The van der Waals surface area contributed by atoms with E-state index >= 15 is 0 Å². The molecule has 0 saturated carbocycles. The SMILES string of the molecule is COC(=O)c1cccc(CN2CCCC2(CO)CO)c1. The number of carbonyl (C=O) groups is 1. The molecule has 5 nitrogen and oxygen atoms in total. The van der Waals surface area contributed by atoms with Gasteiger partial charge in [-0.05, 0) is 37.1 Å². The lowest BCUT2D eigenvalue weighted by atomic mass is 9.98. The number of hydrogen-bond donors (Lipinski definition) is 2. The highest BCUT2D eigenvalue weighted by atomic mass is 16.5. The van der Waals surface area contributed by atoms with Gasteiger partial charge in [-0.2, -0.15) is 0 Å². The molecule has 0 unspecified atom stereocenters. The monoisotopic (exact) mass is 279 g/mol. The van der Waals surface area contributed by atoms with Gasteiger partial charge in [0.25, 0.3) is 0 Å². The maximum atomic E-state index is 11.5. The third-order valence-corrected chi connectivity index (χ3v) is 4.05. The fourth-order valence-electron chi connectivity index (χ4n) is 2.78. The van der Waals surface area contributed by atoms with Crippen LogP contribution in [0.1, 0.15) is 28.8 Å². The van der Waals surface area contributed by atoms with Crippen molar-refractivity contribution in [3.63, 3.8) is 0 Å². The lowest BCUT2D eigenvalue weighted by Gasteiger charge is -2.35. The molecule has 1 heterocycles. The maximum Gasteiger partial charge on any atom is 0.337 e. The van der Waals surface area contributed by atoms with E-state index in [0.717, 1.165) is 24.9 Å². The molecule has 1 saturated heterocycles. The zero-order valence-electron chi connectivity index (χ0n) is 11.7. The summed E-state index contributed by atoms with van der Waals surface area (Å²) in [5.41, 5.74) is 0.949. The topological polar surface area (TPSA) is 70.0 Å². The van der Waals surface area contributed by atoms with Crippen molar-refractivity contribution in [2.45, 2.75) is 24.9 Å². The Labute approximate surface area is 118 Å². The highest BCUT2D eigenvalue weighted by molar-refractivity contribution is 5.89. The number of carbonyl (C=O) groups excluding carboxylic acids is 1. The van der Waals surface area contributed by atoms with Crippen LogP contribution >= 0.6 is 0 Å². The maximum absolute atomic E-state index is 11.5. The van der Waals surface area contributed by atoms with E-state index in [1.165, 1.54) is 7.11 Å². The minimum absolute atomic E-state index is 0.0554. The molecule has 1 aliphatic heterocycles. The second-order valence-corrected chi connectivity index (χ2v) is 5.26. The van der Waals surface area contributed by atoms with Gasteiger partial charge in [0, 0.05) is 6.54 Å². The fourth-order valence-corrected chi connectivity index (χ4v) is 2.78. The zero-order chi connectivity index (χ0) is 14.6. The van der Waals surface area contributed by atoms with E-state index in [2.05, 4.69) is 4.90 Å². The molecule has 0 bridgehead atoms. The number of ether oxygens (including phenoxy) is 1. The van der Waals surface area contributed by atoms with Gasteiger partial charge in [-0.1, -0.05) is 12.1 Å². The first-order valence-corrected chi connectivity index (χ1v) is 6.79. The smallest absolute Gasteiger partial charge is 0.337 e. The van der Waals surface area contributed by atoms with E-state index in [1.54, 1.807) is 12.1 Å². The molecule has 0 amide bonds. The number of rotatable bonds is 5. The number of nitrogens with zero attached hydrogens (tertiary/aromatic N) is 1. The first kappa shape index (κ1) is 15.0. The van der Waals surface area contributed by atoms with Gasteiger partial charge >= 0.3 is 5.97 Å². The molecule has 20 heavy (non-hydrogen) atoms. The van der Waals surface area contributed by atoms with Crippen molar-refractivity contribution in [2.24, 2.45) is 0 Å². The van der Waals surface area contributed by atoms with Crippen LogP contribution < -0.4 is 0 Å².